The molecular weight excluding hydrogens is 146 g/mol. The van der Waals surface area contributed by atoms with E-state index in [-0.39, 0.29) is 0 Å². The molecule has 1 heteroatoms. The summed E-state index contributed by atoms with van der Waals surface area (Å²) in [6.45, 7) is 2.23. The Labute approximate surface area is 74.8 Å². The second kappa shape index (κ2) is 5.76. The van der Waals surface area contributed by atoms with Crippen molar-refractivity contribution in [3.05, 3.63) is 30.1 Å². The molecule has 0 aliphatic carbocycles. The van der Waals surface area contributed by atoms with E-state index in [0.717, 1.165) is 6.42 Å². The first-order valence-electron chi connectivity index (χ1n) is 4.74. The van der Waals surface area contributed by atoms with Gasteiger partial charge in [-0.3, -0.25) is 4.98 Å². The molecule has 0 aliphatic heterocycles. The Morgan fingerprint density at radius 2 is 2.25 bits per heavy atom. The Morgan fingerprint density at radius 1 is 1.33 bits per heavy atom. The Balaban J connectivity index is 2.16. The highest BCUT2D eigenvalue weighted by atomic mass is 14.6. The zero-order chi connectivity index (χ0) is 8.65. The molecule has 0 fully saturated rings. The van der Waals surface area contributed by atoms with Crippen molar-refractivity contribution in [2.75, 3.05) is 0 Å². The molecule has 0 bridgehead atoms. The first-order chi connectivity index (χ1) is 5.93. The smallest absolute Gasteiger partial charge is 0.0349 e. The van der Waals surface area contributed by atoms with E-state index in [9.17, 15) is 0 Å². The fraction of sp³-hybridized carbons (Fsp3) is 0.545. The van der Waals surface area contributed by atoms with Crippen molar-refractivity contribution in [1.29, 1.82) is 0 Å². The van der Waals surface area contributed by atoms with E-state index in [0.29, 0.717) is 0 Å². The number of nitrogens with zero attached hydrogens (tertiary/aromatic N) is 1. The Hall–Kier alpha value is -0.850. The summed E-state index contributed by atoms with van der Waals surface area (Å²) < 4.78 is 0. The summed E-state index contributed by atoms with van der Waals surface area (Å²) in [5.41, 5.74) is 1.29. The minimum Gasteiger partial charge on any atom is -0.264 e. The van der Waals surface area contributed by atoms with Crippen molar-refractivity contribution in [2.24, 2.45) is 0 Å². The van der Waals surface area contributed by atoms with Crippen LogP contribution in [0.15, 0.2) is 18.5 Å². The molecule has 0 saturated carbocycles. The topological polar surface area (TPSA) is 12.9 Å². The molecule has 0 N–H and O–H groups in total. The lowest BCUT2D eigenvalue weighted by atomic mass is 10.1. The van der Waals surface area contributed by atoms with Crippen LogP contribution in [0.1, 0.15) is 38.2 Å². The highest BCUT2D eigenvalue weighted by Gasteiger charge is 1.91. The van der Waals surface area contributed by atoms with Gasteiger partial charge in [0.25, 0.3) is 0 Å². The number of unbranched alkanes of at least 4 members (excludes halogenated alkanes) is 3. The normalized spacial score (nSPS) is 10.1. The van der Waals surface area contributed by atoms with Gasteiger partial charge >= 0.3 is 0 Å². The van der Waals surface area contributed by atoms with Crippen LogP contribution in [0, 0.1) is 6.07 Å². The van der Waals surface area contributed by atoms with Gasteiger partial charge < -0.3 is 0 Å². The van der Waals surface area contributed by atoms with Gasteiger partial charge in [0.05, 0.1) is 0 Å². The molecule has 1 nitrogen and oxygen atoms in total. The zero-order valence-corrected chi connectivity index (χ0v) is 7.71. The number of pyridine rings is 1. The van der Waals surface area contributed by atoms with E-state index in [2.05, 4.69) is 18.0 Å². The third-order valence-electron chi connectivity index (χ3n) is 1.99. The van der Waals surface area contributed by atoms with Gasteiger partial charge in [-0.1, -0.05) is 26.2 Å². The molecule has 0 aliphatic rings. The first kappa shape index (κ1) is 9.24. The minimum atomic E-state index is 1.16. The summed E-state index contributed by atoms with van der Waals surface area (Å²) in [6.07, 6.45) is 10.0. The summed E-state index contributed by atoms with van der Waals surface area (Å²) in [5, 5.41) is 0. The van der Waals surface area contributed by atoms with E-state index >= 15 is 0 Å². The van der Waals surface area contributed by atoms with Gasteiger partial charge in [-0.25, -0.2) is 0 Å². The molecule has 1 heterocycles. The Kier molecular flexibility index (Phi) is 4.43. The third-order valence-corrected chi connectivity index (χ3v) is 1.99. The van der Waals surface area contributed by atoms with Gasteiger partial charge in [0.15, 0.2) is 0 Å². The maximum atomic E-state index is 3.93. The monoisotopic (exact) mass is 162 g/mol. The van der Waals surface area contributed by atoms with Crippen molar-refractivity contribution in [3.63, 3.8) is 0 Å². The fourth-order valence-electron chi connectivity index (χ4n) is 1.24. The molecule has 0 spiro atoms. The van der Waals surface area contributed by atoms with Crippen LogP contribution in [0.2, 0.25) is 0 Å². The number of rotatable bonds is 5. The average molecular weight is 162 g/mol. The van der Waals surface area contributed by atoms with Crippen LogP contribution in [0.25, 0.3) is 0 Å². The Morgan fingerprint density at radius 3 is 2.92 bits per heavy atom. The molecule has 65 valence electrons. The highest BCUT2D eigenvalue weighted by molar-refractivity contribution is 5.07. The molecular formula is C11H16N. The van der Waals surface area contributed by atoms with Crippen molar-refractivity contribution in [3.8, 4) is 0 Å². The molecule has 12 heavy (non-hydrogen) atoms. The second-order valence-electron chi connectivity index (χ2n) is 3.07. The summed E-state index contributed by atoms with van der Waals surface area (Å²) in [6, 6.07) is 5.18. The largest absolute Gasteiger partial charge is 0.264 e. The SMILES string of the molecule is CCCCCCc1[c]cncc1. The van der Waals surface area contributed by atoms with Crippen molar-refractivity contribution in [2.45, 2.75) is 39.0 Å². The van der Waals surface area contributed by atoms with Crippen LogP contribution >= 0.6 is 0 Å². The first-order valence-corrected chi connectivity index (χ1v) is 4.74. The van der Waals surface area contributed by atoms with Gasteiger partial charge in [-0.05, 0) is 24.5 Å². The summed E-state index contributed by atoms with van der Waals surface area (Å²) in [5.74, 6) is 0. The lowest BCUT2D eigenvalue weighted by Crippen LogP contribution is -1.85. The van der Waals surface area contributed by atoms with E-state index in [1.807, 2.05) is 12.3 Å². The quantitative estimate of drug-likeness (QED) is 0.606. The van der Waals surface area contributed by atoms with Gasteiger partial charge in [0.2, 0.25) is 0 Å². The minimum absolute atomic E-state index is 1.16. The standard InChI is InChI=1S/C11H16N/c1-2-3-4-5-6-11-7-9-12-10-8-11/h7,9-10H,2-6H2,1H3. The van der Waals surface area contributed by atoms with Crippen LogP contribution < -0.4 is 0 Å². The van der Waals surface area contributed by atoms with E-state index in [4.69, 9.17) is 0 Å². The molecule has 1 aromatic rings. The molecule has 0 saturated heterocycles. The van der Waals surface area contributed by atoms with Gasteiger partial charge in [0.1, 0.15) is 0 Å². The van der Waals surface area contributed by atoms with Crippen LogP contribution in [0.5, 0.6) is 0 Å². The predicted molar refractivity (Wildman–Crippen MR) is 50.9 cm³/mol. The molecule has 1 aromatic heterocycles. The van der Waals surface area contributed by atoms with E-state index in [1.165, 1.54) is 31.2 Å². The number of hydrogen-bond acceptors (Lipinski definition) is 1. The number of aromatic nitrogens is 1. The van der Waals surface area contributed by atoms with Crippen LogP contribution in [0.3, 0.4) is 0 Å². The van der Waals surface area contributed by atoms with E-state index in [1.54, 1.807) is 6.20 Å². The lowest BCUT2D eigenvalue weighted by molar-refractivity contribution is 0.666. The fourth-order valence-corrected chi connectivity index (χ4v) is 1.24. The second-order valence-corrected chi connectivity index (χ2v) is 3.07. The lowest BCUT2D eigenvalue weighted by Gasteiger charge is -1.98. The molecule has 0 atom stereocenters. The molecule has 1 rings (SSSR count). The number of aryl methyl sites for hydroxylation is 1. The van der Waals surface area contributed by atoms with Crippen LogP contribution in [-0.4, -0.2) is 4.98 Å². The maximum Gasteiger partial charge on any atom is 0.0349 e. The summed E-state index contributed by atoms with van der Waals surface area (Å²) in [7, 11) is 0. The molecule has 0 amide bonds. The predicted octanol–water partition coefficient (Wildman–Crippen LogP) is 3.00. The van der Waals surface area contributed by atoms with E-state index < -0.39 is 0 Å². The molecule has 1 radical (unpaired) electrons. The van der Waals surface area contributed by atoms with Crippen molar-refractivity contribution < 1.29 is 0 Å². The number of hydrogen-bond donors (Lipinski definition) is 0. The highest BCUT2D eigenvalue weighted by Crippen LogP contribution is 2.05. The van der Waals surface area contributed by atoms with Gasteiger partial charge in [-0.15, -0.1) is 0 Å². The van der Waals surface area contributed by atoms with Gasteiger partial charge in [-0.2, -0.15) is 0 Å². The van der Waals surface area contributed by atoms with Crippen molar-refractivity contribution in [1.82, 2.24) is 4.98 Å². The Bertz CT molecular complexity index is 193. The maximum absolute atomic E-state index is 3.93. The van der Waals surface area contributed by atoms with Crippen LogP contribution in [-0.2, 0) is 6.42 Å². The zero-order valence-electron chi connectivity index (χ0n) is 7.71. The van der Waals surface area contributed by atoms with Crippen molar-refractivity contribution >= 4 is 0 Å². The average Bonchev–Trinajstić information content (AvgIpc) is 2.14. The van der Waals surface area contributed by atoms with Crippen LogP contribution in [0.4, 0.5) is 0 Å². The third kappa shape index (κ3) is 3.51. The summed E-state index contributed by atoms with van der Waals surface area (Å²) in [4.78, 5) is 3.93. The van der Waals surface area contributed by atoms with Gasteiger partial charge in [0, 0.05) is 18.5 Å². The molecule has 0 unspecified atom stereocenters. The molecule has 0 aromatic carbocycles. The summed E-state index contributed by atoms with van der Waals surface area (Å²) >= 11 is 0.